The van der Waals surface area contributed by atoms with Crippen molar-refractivity contribution in [3.8, 4) is 0 Å². The molecule has 0 spiro atoms. The highest BCUT2D eigenvalue weighted by Crippen LogP contribution is 2.01. The summed E-state index contributed by atoms with van der Waals surface area (Å²) < 4.78 is 0. The summed E-state index contributed by atoms with van der Waals surface area (Å²) in [6, 6.07) is 0. The zero-order chi connectivity index (χ0) is 8.85. The number of carboxylic acid groups (broad SMARTS) is 1. The van der Waals surface area contributed by atoms with Crippen molar-refractivity contribution in [2.24, 2.45) is 11.5 Å². The summed E-state index contributed by atoms with van der Waals surface area (Å²) in [5.41, 5.74) is 10.4. The molecule has 0 amide bonds. The SMILES string of the molecule is NC(N)CCC(O)CC(=O)O. The molecule has 1 unspecified atom stereocenters. The molecule has 0 fully saturated rings. The lowest BCUT2D eigenvalue weighted by atomic mass is 10.1. The molecular formula is C6H14N2O3. The van der Waals surface area contributed by atoms with Gasteiger partial charge in [-0.05, 0) is 12.8 Å². The van der Waals surface area contributed by atoms with Gasteiger partial charge in [-0.1, -0.05) is 0 Å². The molecule has 0 aliphatic carbocycles. The van der Waals surface area contributed by atoms with Gasteiger partial charge in [-0.2, -0.15) is 0 Å². The molecular weight excluding hydrogens is 148 g/mol. The van der Waals surface area contributed by atoms with Gasteiger partial charge >= 0.3 is 5.97 Å². The summed E-state index contributed by atoms with van der Waals surface area (Å²) in [7, 11) is 0. The third-order valence-corrected chi connectivity index (χ3v) is 1.24. The maximum atomic E-state index is 10.0. The zero-order valence-corrected chi connectivity index (χ0v) is 6.23. The lowest BCUT2D eigenvalue weighted by Crippen LogP contribution is -2.31. The maximum Gasteiger partial charge on any atom is 0.305 e. The summed E-state index contributed by atoms with van der Waals surface area (Å²) in [4.78, 5) is 10.0. The van der Waals surface area contributed by atoms with E-state index in [0.29, 0.717) is 12.8 Å². The van der Waals surface area contributed by atoms with Crippen molar-refractivity contribution in [3.05, 3.63) is 0 Å². The maximum absolute atomic E-state index is 10.0. The van der Waals surface area contributed by atoms with Gasteiger partial charge in [0.15, 0.2) is 0 Å². The third kappa shape index (κ3) is 7.24. The van der Waals surface area contributed by atoms with Crippen LogP contribution in [0.3, 0.4) is 0 Å². The van der Waals surface area contributed by atoms with Gasteiger partial charge < -0.3 is 21.7 Å². The summed E-state index contributed by atoms with van der Waals surface area (Å²) in [5, 5.41) is 17.2. The first-order valence-corrected chi connectivity index (χ1v) is 3.43. The van der Waals surface area contributed by atoms with Crippen molar-refractivity contribution < 1.29 is 15.0 Å². The Balaban J connectivity index is 3.37. The smallest absolute Gasteiger partial charge is 0.305 e. The number of rotatable bonds is 5. The van der Waals surface area contributed by atoms with E-state index in [0.717, 1.165) is 0 Å². The van der Waals surface area contributed by atoms with E-state index in [1.54, 1.807) is 0 Å². The molecule has 66 valence electrons. The van der Waals surface area contributed by atoms with Crippen LogP contribution in [-0.4, -0.2) is 28.5 Å². The van der Waals surface area contributed by atoms with E-state index in [1.807, 2.05) is 0 Å². The Labute approximate surface area is 65.0 Å². The van der Waals surface area contributed by atoms with E-state index in [4.69, 9.17) is 21.7 Å². The zero-order valence-electron chi connectivity index (χ0n) is 6.23. The Morgan fingerprint density at radius 2 is 1.91 bits per heavy atom. The number of nitrogens with two attached hydrogens (primary N) is 2. The van der Waals surface area contributed by atoms with Crippen molar-refractivity contribution in [3.63, 3.8) is 0 Å². The van der Waals surface area contributed by atoms with E-state index in [9.17, 15) is 4.79 Å². The van der Waals surface area contributed by atoms with E-state index in [-0.39, 0.29) is 6.42 Å². The molecule has 0 heterocycles. The Morgan fingerprint density at radius 3 is 2.27 bits per heavy atom. The van der Waals surface area contributed by atoms with Crippen LogP contribution in [-0.2, 0) is 4.79 Å². The average molecular weight is 162 g/mol. The van der Waals surface area contributed by atoms with Gasteiger partial charge in [0.2, 0.25) is 0 Å². The second-order valence-corrected chi connectivity index (χ2v) is 2.49. The first kappa shape index (κ1) is 10.3. The highest BCUT2D eigenvalue weighted by molar-refractivity contribution is 5.67. The van der Waals surface area contributed by atoms with Crippen LogP contribution in [0.5, 0.6) is 0 Å². The molecule has 5 nitrogen and oxygen atoms in total. The van der Waals surface area contributed by atoms with Crippen molar-refractivity contribution in [2.75, 3.05) is 0 Å². The minimum Gasteiger partial charge on any atom is -0.481 e. The predicted molar refractivity (Wildman–Crippen MR) is 39.7 cm³/mol. The molecule has 0 aromatic heterocycles. The van der Waals surface area contributed by atoms with E-state index < -0.39 is 18.2 Å². The summed E-state index contributed by atoms with van der Waals surface area (Å²) in [5.74, 6) is -1.01. The second kappa shape index (κ2) is 5.06. The Kier molecular flexibility index (Phi) is 4.76. The van der Waals surface area contributed by atoms with Crippen LogP contribution in [0.25, 0.3) is 0 Å². The molecule has 0 bridgehead atoms. The van der Waals surface area contributed by atoms with Crippen LogP contribution in [0.15, 0.2) is 0 Å². The molecule has 0 aromatic rings. The monoisotopic (exact) mass is 162 g/mol. The molecule has 0 aromatic carbocycles. The fourth-order valence-corrected chi connectivity index (χ4v) is 0.688. The summed E-state index contributed by atoms with van der Waals surface area (Å²) >= 11 is 0. The number of carbonyl (C=O) groups is 1. The topological polar surface area (TPSA) is 110 Å². The third-order valence-electron chi connectivity index (χ3n) is 1.24. The Morgan fingerprint density at radius 1 is 1.36 bits per heavy atom. The molecule has 0 radical (unpaired) electrons. The van der Waals surface area contributed by atoms with Gasteiger partial charge in [-0.25, -0.2) is 0 Å². The quantitative estimate of drug-likeness (QED) is 0.381. The largest absolute Gasteiger partial charge is 0.481 e. The average Bonchev–Trinajstić information content (AvgIpc) is 1.82. The molecule has 1 atom stereocenters. The summed E-state index contributed by atoms with van der Waals surface area (Å²) in [6.45, 7) is 0. The van der Waals surface area contributed by atoms with E-state index >= 15 is 0 Å². The second-order valence-electron chi connectivity index (χ2n) is 2.49. The number of hydrogen-bond donors (Lipinski definition) is 4. The van der Waals surface area contributed by atoms with Crippen molar-refractivity contribution >= 4 is 5.97 Å². The molecule has 0 aliphatic heterocycles. The highest BCUT2D eigenvalue weighted by atomic mass is 16.4. The van der Waals surface area contributed by atoms with Crippen LogP contribution < -0.4 is 11.5 Å². The predicted octanol–water partition coefficient (Wildman–Crippen LogP) is -1.15. The molecule has 5 heteroatoms. The van der Waals surface area contributed by atoms with Gasteiger partial charge in [0.1, 0.15) is 0 Å². The minimum absolute atomic E-state index is 0.243. The van der Waals surface area contributed by atoms with Crippen LogP contribution in [0.4, 0.5) is 0 Å². The molecule has 0 aliphatic rings. The van der Waals surface area contributed by atoms with Gasteiger partial charge in [0.25, 0.3) is 0 Å². The van der Waals surface area contributed by atoms with Crippen LogP contribution >= 0.6 is 0 Å². The van der Waals surface area contributed by atoms with Crippen molar-refractivity contribution in [2.45, 2.75) is 31.5 Å². The summed E-state index contributed by atoms with van der Waals surface area (Å²) in [6.07, 6.45) is -0.772. The van der Waals surface area contributed by atoms with Gasteiger partial charge in [-0.15, -0.1) is 0 Å². The number of carboxylic acids is 1. The molecule has 0 rings (SSSR count). The minimum atomic E-state index is -1.01. The fraction of sp³-hybridized carbons (Fsp3) is 0.833. The van der Waals surface area contributed by atoms with Gasteiger partial charge in [0.05, 0.1) is 18.7 Å². The van der Waals surface area contributed by atoms with Crippen LogP contribution in [0.1, 0.15) is 19.3 Å². The standard InChI is InChI=1S/C6H14N2O3/c7-5(8)2-1-4(9)3-6(10)11/h4-5,9H,1-3,7-8H2,(H,10,11). The first-order valence-electron chi connectivity index (χ1n) is 3.43. The Bertz CT molecular complexity index is 127. The van der Waals surface area contributed by atoms with Crippen molar-refractivity contribution in [1.29, 1.82) is 0 Å². The number of aliphatic hydroxyl groups excluding tert-OH is 1. The number of aliphatic hydroxyl groups is 1. The number of hydrogen-bond acceptors (Lipinski definition) is 4. The van der Waals surface area contributed by atoms with Gasteiger partial charge in [-0.3, -0.25) is 4.79 Å². The highest BCUT2D eigenvalue weighted by Gasteiger charge is 2.09. The lowest BCUT2D eigenvalue weighted by Gasteiger charge is -2.08. The van der Waals surface area contributed by atoms with Crippen LogP contribution in [0.2, 0.25) is 0 Å². The van der Waals surface area contributed by atoms with E-state index in [2.05, 4.69) is 0 Å². The fourth-order valence-electron chi connectivity index (χ4n) is 0.688. The van der Waals surface area contributed by atoms with Crippen molar-refractivity contribution in [1.82, 2.24) is 0 Å². The van der Waals surface area contributed by atoms with E-state index in [1.165, 1.54) is 0 Å². The normalized spacial score (nSPS) is 13.5. The molecule has 6 N–H and O–H groups in total. The number of aliphatic carboxylic acids is 1. The van der Waals surface area contributed by atoms with Gasteiger partial charge in [0, 0.05) is 0 Å². The first-order chi connectivity index (χ1) is 5.02. The van der Waals surface area contributed by atoms with Crippen LogP contribution in [0, 0.1) is 0 Å². The lowest BCUT2D eigenvalue weighted by molar-refractivity contribution is -0.139. The molecule has 0 saturated carbocycles. The molecule has 11 heavy (non-hydrogen) atoms. The molecule has 0 saturated heterocycles. The Hall–Kier alpha value is -0.650.